The van der Waals surface area contributed by atoms with Gasteiger partial charge in [0.15, 0.2) is 6.61 Å². The van der Waals surface area contributed by atoms with Crippen LogP contribution in [0, 0.1) is 0 Å². The number of rotatable bonds is 6. The standard InChI is InChI=1S/C20H21ClN2O3/c1-2-23(12-14-4-3-5-16(21)10-14)20(25)13-26-17-7-8-18-15(11-17)6-9-19(24)22-18/h3-5,7-8,10-11H,2,6,9,12-13H2,1H3,(H,22,24). The Morgan fingerprint density at radius 1 is 1.23 bits per heavy atom. The lowest BCUT2D eigenvalue weighted by Crippen LogP contribution is -2.34. The minimum atomic E-state index is -0.0847. The van der Waals surface area contributed by atoms with Crippen LogP contribution in [0.4, 0.5) is 5.69 Å². The van der Waals surface area contributed by atoms with Gasteiger partial charge in [-0.15, -0.1) is 0 Å². The van der Waals surface area contributed by atoms with E-state index >= 15 is 0 Å². The van der Waals surface area contributed by atoms with Crippen molar-refractivity contribution in [2.45, 2.75) is 26.3 Å². The van der Waals surface area contributed by atoms with E-state index < -0.39 is 0 Å². The van der Waals surface area contributed by atoms with Crippen molar-refractivity contribution in [3.8, 4) is 5.75 Å². The second kappa shape index (κ2) is 8.23. The van der Waals surface area contributed by atoms with Crippen LogP contribution in [-0.4, -0.2) is 29.9 Å². The highest BCUT2D eigenvalue weighted by molar-refractivity contribution is 6.30. The van der Waals surface area contributed by atoms with Crippen LogP contribution < -0.4 is 10.1 Å². The van der Waals surface area contributed by atoms with Gasteiger partial charge in [-0.05, 0) is 54.8 Å². The molecule has 0 saturated carbocycles. The quantitative estimate of drug-likeness (QED) is 0.842. The Labute approximate surface area is 157 Å². The number of likely N-dealkylation sites (N-methyl/N-ethyl adjacent to an activating group) is 1. The largest absolute Gasteiger partial charge is 0.484 e. The average Bonchev–Trinajstić information content (AvgIpc) is 2.64. The number of halogens is 1. The van der Waals surface area contributed by atoms with E-state index in [9.17, 15) is 9.59 Å². The molecule has 0 aromatic heterocycles. The number of hydrogen-bond donors (Lipinski definition) is 1. The summed E-state index contributed by atoms with van der Waals surface area (Å²) in [4.78, 5) is 25.6. The van der Waals surface area contributed by atoms with Crippen LogP contribution in [0.15, 0.2) is 42.5 Å². The van der Waals surface area contributed by atoms with Gasteiger partial charge in [-0.25, -0.2) is 0 Å². The lowest BCUT2D eigenvalue weighted by molar-refractivity contribution is -0.133. The third-order valence-corrected chi connectivity index (χ3v) is 4.57. The highest BCUT2D eigenvalue weighted by Crippen LogP contribution is 2.26. The molecule has 1 aliphatic heterocycles. The van der Waals surface area contributed by atoms with Gasteiger partial charge in [0.05, 0.1) is 0 Å². The molecule has 0 saturated heterocycles. The lowest BCUT2D eigenvalue weighted by Gasteiger charge is -2.22. The van der Waals surface area contributed by atoms with Crippen molar-refractivity contribution in [3.63, 3.8) is 0 Å². The third kappa shape index (κ3) is 4.55. The van der Waals surface area contributed by atoms with Crippen molar-refractivity contribution in [1.82, 2.24) is 4.90 Å². The molecule has 0 unspecified atom stereocenters. The molecule has 26 heavy (non-hydrogen) atoms. The first kappa shape index (κ1) is 18.3. The maximum absolute atomic E-state index is 12.5. The Hall–Kier alpha value is -2.53. The van der Waals surface area contributed by atoms with Gasteiger partial charge in [0.1, 0.15) is 5.75 Å². The molecule has 0 spiro atoms. The summed E-state index contributed by atoms with van der Waals surface area (Å²) in [5.41, 5.74) is 2.83. The smallest absolute Gasteiger partial charge is 0.260 e. The maximum Gasteiger partial charge on any atom is 0.260 e. The van der Waals surface area contributed by atoms with Gasteiger partial charge >= 0.3 is 0 Å². The van der Waals surface area contributed by atoms with Crippen LogP contribution in [-0.2, 0) is 22.6 Å². The highest BCUT2D eigenvalue weighted by atomic mass is 35.5. The molecule has 5 nitrogen and oxygen atoms in total. The number of nitrogens with zero attached hydrogens (tertiary/aromatic N) is 1. The van der Waals surface area contributed by atoms with E-state index in [0.29, 0.717) is 36.7 Å². The Morgan fingerprint density at radius 3 is 2.85 bits per heavy atom. The Bertz CT molecular complexity index is 822. The first-order chi connectivity index (χ1) is 12.5. The maximum atomic E-state index is 12.5. The van der Waals surface area contributed by atoms with E-state index in [1.165, 1.54) is 0 Å². The summed E-state index contributed by atoms with van der Waals surface area (Å²) in [6, 6.07) is 13.0. The molecule has 1 aliphatic rings. The summed E-state index contributed by atoms with van der Waals surface area (Å²) in [5, 5.41) is 3.49. The van der Waals surface area contributed by atoms with Crippen molar-refractivity contribution in [2.24, 2.45) is 0 Å². The minimum Gasteiger partial charge on any atom is -0.484 e. The van der Waals surface area contributed by atoms with E-state index in [1.54, 1.807) is 11.0 Å². The number of carbonyl (C=O) groups excluding carboxylic acids is 2. The molecule has 136 valence electrons. The number of anilines is 1. The topological polar surface area (TPSA) is 58.6 Å². The summed E-state index contributed by atoms with van der Waals surface area (Å²) in [7, 11) is 0. The summed E-state index contributed by atoms with van der Waals surface area (Å²) in [6.45, 7) is 2.99. The second-order valence-electron chi connectivity index (χ2n) is 6.19. The van der Waals surface area contributed by atoms with E-state index in [4.69, 9.17) is 16.3 Å². The molecule has 0 bridgehead atoms. The molecule has 2 aromatic carbocycles. The van der Waals surface area contributed by atoms with Crippen molar-refractivity contribution in [1.29, 1.82) is 0 Å². The van der Waals surface area contributed by atoms with Gasteiger partial charge < -0.3 is 15.0 Å². The van der Waals surface area contributed by atoms with Gasteiger partial charge in [-0.1, -0.05) is 23.7 Å². The zero-order valence-electron chi connectivity index (χ0n) is 14.6. The number of hydrogen-bond acceptors (Lipinski definition) is 3. The van der Waals surface area contributed by atoms with E-state index in [0.717, 1.165) is 16.8 Å². The number of aryl methyl sites for hydroxylation is 1. The summed E-state index contributed by atoms with van der Waals surface area (Å²) >= 11 is 6.00. The fraction of sp³-hybridized carbons (Fsp3) is 0.300. The number of ether oxygens (including phenoxy) is 1. The van der Waals surface area contributed by atoms with Gasteiger partial charge in [0.2, 0.25) is 5.91 Å². The van der Waals surface area contributed by atoms with E-state index in [1.807, 2.05) is 43.3 Å². The predicted molar refractivity (Wildman–Crippen MR) is 101 cm³/mol. The van der Waals surface area contributed by atoms with Gasteiger partial charge in [-0.2, -0.15) is 0 Å². The fourth-order valence-electron chi connectivity index (χ4n) is 2.92. The van der Waals surface area contributed by atoms with Crippen LogP contribution in [0.3, 0.4) is 0 Å². The molecule has 2 amide bonds. The Balaban J connectivity index is 1.59. The second-order valence-corrected chi connectivity index (χ2v) is 6.63. The van der Waals surface area contributed by atoms with Crippen molar-refractivity contribution >= 4 is 29.1 Å². The monoisotopic (exact) mass is 372 g/mol. The predicted octanol–water partition coefficient (Wildman–Crippen LogP) is 3.65. The van der Waals surface area contributed by atoms with Crippen LogP contribution in [0.1, 0.15) is 24.5 Å². The molecule has 0 fully saturated rings. The molecule has 0 radical (unpaired) electrons. The first-order valence-corrected chi connectivity index (χ1v) is 9.00. The van der Waals surface area contributed by atoms with Crippen LogP contribution in [0.5, 0.6) is 5.75 Å². The van der Waals surface area contributed by atoms with Gasteiger partial charge in [-0.3, -0.25) is 9.59 Å². The van der Waals surface area contributed by atoms with Crippen molar-refractivity contribution in [2.75, 3.05) is 18.5 Å². The third-order valence-electron chi connectivity index (χ3n) is 4.33. The van der Waals surface area contributed by atoms with Crippen molar-refractivity contribution < 1.29 is 14.3 Å². The normalized spacial score (nSPS) is 12.9. The zero-order valence-corrected chi connectivity index (χ0v) is 15.4. The first-order valence-electron chi connectivity index (χ1n) is 8.63. The number of fused-ring (bicyclic) bond motifs is 1. The fourth-order valence-corrected chi connectivity index (χ4v) is 3.13. The zero-order chi connectivity index (χ0) is 18.5. The highest BCUT2D eigenvalue weighted by Gasteiger charge is 2.17. The van der Waals surface area contributed by atoms with E-state index in [2.05, 4.69) is 5.32 Å². The molecule has 6 heteroatoms. The molecular formula is C20H21ClN2O3. The number of benzene rings is 2. The van der Waals surface area contributed by atoms with Gasteiger partial charge in [0, 0.05) is 30.2 Å². The molecule has 1 heterocycles. The van der Waals surface area contributed by atoms with E-state index in [-0.39, 0.29) is 18.4 Å². The lowest BCUT2D eigenvalue weighted by atomic mass is 10.0. The summed E-state index contributed by atoms with van der Waals surface area (Å²) < 4.78 is 5.67. The Morgan fingerprint density at radius 2 is 2.08 bits per heavy atom. The number of amides is 2. The molecule has 1 N–H and O–H groups in total. The van der Waals surface area contributed by atoms with Crippen LogP contribution in [0.2, 0.25) is 5.02 Å². The number of nitrogens with one attached hydrogen (secondary N) is 1. The SMILES string of the molecule is CCN(Cc1cccc(Cl)c1)C(=O)COc1ccc2c(c1)CCC(=O)N2. The molecule has 0 atom stereocenters. The average molecular weight is 373 g/mol. The molecular weight excluding hydrogens is 352 g/mol. The summed E-state index contributed by atoms with van der Waals surface area (Å²) in [6.07, 6.45) is 1.15. The number of carbonyl (C=O) groups is 2. The Kier molecular flexibility index (Phi) is 5.78. The van der Waals surface area contributed by atoms with Crippen molar-refractivity contribution in [3.05, 3.63) is 58.6 Å². The molecule has 2 aromatic rings. The van der Waals surface area contributed by atoms with Gasteiger partial charge in [0.25, 0.3) is 5.91 Å². The molecule has 0 aliphatic carbocycles. The minimum absolute atomic E-state index is 0.0282. The van der Waals surface area contributed by atoms with Crippen LogP contribution in [0.25, 0.3) is 0 Å². The molecule has 3 rings (SSSR count). The van der Waals surface area contributed by atoms with Crippen LogP contribution >= 0.6 is 11.6 Å². The summed E-state index contributed by atoms with van der Waals surface area (Å²) in [5.74, 6) is 0.575.